The smallest absolute Gasteiger partial charge is 0.0270 e. The molecule has 2 heteroatoms. The van der Waals surface area contributed by atoms with Crippen molar-refractivity contribution in [3.05, 3.63) is 30.1 Å². The molecule has 1 fully saturated rings. The van der Waals surface area contributed by atoms with Crippen LogP contribution in [0.15, 0.2) is 24.5 Å². The summed E-state index contributed by atoms with van der Waals surface area (Å²) in [5.41, 5.74) is 7.47. The van der Waals surface area contributed by atoms with Crippen LogP contribution in [-0.4, -0.2) is 11.0 Å². The number of nitrogens with zero attached hydrogens (tertiary/aromatic N) is 1. The number of aromatic nitrogens is 1. The Balaban J connectivity index is 1.68. The Labute approximate surface area is 91.9 Å². The van der Waals surface area contributed by atoms with Crippen molar-refractivity contribution in [2.75, 3.05) is 0 Å². The number of hydrogen-bond acceptors (Lipinski definition) is 2. The van der Waals surface area contributed by atoms with Gasteiger partial charge in [-0.15, -0.1) is 0 Å². The zero-order valence-corrected chi connectivity index (χ0v) is 9.23. The largest absolute Gasteiger partial charge is 0.328 e. The fraction of sp³-hybridized carbons (Fsp3) is 0.615. The minimum absolute atomic E-state index is 0.392. The molecule has 0 spiro atoms. The molecule has 0 amide bonds. The van der Waals surface area contributed by atoms with E-state index in [9.17, 15) is 0 Å². The van der Waals surface area contributed by atoms with Crippen LogP contribution in [0.5, 0.6) is 0 Å². The molecule has 1 unspecified atom stereocenters. The van der Waals surface area contributed by atoms with Gasteiger partial charge in [-0.3, -0.25) is 4.98 Å². The molecule has 2 rings (SSSR count). The molecule has 1 atom stereocenters. The van der Waals surface area contributed by atoms with Gasteiger partial charge < -0.3 is 5.73 Å². The Kier molecular flexibility index (Phi) is 3.73. The second-order valence-electron chi connectivity index (χ2n) is 4.69. The predicted octanol–water partition coefficient (Wildman–Crippen LogP) is 2.53. The predicted molar refractivity (Wildman–Crippen MR) is 62.5 cm³/mol. The van der Waals surface area contributed by atoms with Crippen LogP contribution in [0.2, 0.25) is 0 Å². The van der Waals surface area contributed by atoms with E-state index in [1.807, 2.05) is 12.4 Å². The summed E-state index contributed by atoms with van der Waals surface area (Å²) in [5, 5.41) is 0. The van der Waals surface area contributed by atoms with Gasteiger partial charge in [0.15, 0.2) is 0 Å². The highest BCUT2D eigenvalue weighted by Crippen LogP contribution is 2.30. The maximum absolute atomic E-state index is 6.12. The van der Waals surface area contributed by atoms with Crippen molar-refractivity contribution in [1.82, 2.24) is 4.98 Å². The highest BCUT2D eigenvalue weighted by atomic mass is 14.6. The van der Waals surface area contributed by atoms with Gasteiger partial charge in [0.25, 0.3) is 0 Å². The van der Waals surface area contributed by atoms with Crippen LogP contribution in [0.25, 0.3) is 0 Å². The van der Waals surface area contributed by atoms with Crippen molar-refractivity contribution in [3.63, 3.8) is 0 Å². The van der Waals surface area contributed by atoms with Crippen LogP contribution in [0.1, 0.15) is 37.7 Å². The van der Waals surface area contributed by atoms with E-state index < -0.39 is 0 Å². The first-order valence-electron chi connectivity index (χ1n) is 5.99. The molecule has 1 aromatic heterocycles. The molecule has 15 heavy (non-hydrogen) atoms. The Morgan fingerprint density at radius 2 is 2.07 bits per heavy atom. The van der Waals surface area contributed by atoms with Gasteiger partial charge in [-0.1, -0.05) is 19.3 Å². The van der Waals surface area contributed by atoms with Crippen molar-refractivity contribution in [2.45, 2.75) is 44.6 Å². The van der Waals surface area contributed by atoms with Crippen LogP contribution < -0.4 is 5.73 Å². The summed E-state index contributed by atoms with van der Waals surface area (Å²) in [6.45, 7) is 0. The lowest BCUT2D eigenvalue weighted by atomic mass is 9.80. The summed E-state index contributed by atoms with van der Waals surface area (Å²) in [5.74, 6) is 0.928. The quantitative estimate of drug-likeness (QED) is 0.800. The summed E-state index contributed by atoms with van der Waals surface area (Å²) in [6, 6.07) is 4.55. The fourth-order valence-corrected chi connectivity index (χ4v) is 2.18. The van der Waals surface area contributed by atoms with Crippen molar-refractivity contribution < 1.29 is 0 Å². The van der Waals surface area contributed by atoms with Gasteiger partial charge in [0.1, 0.15) is 0 Å². The molecule has 1 aromatic rings. The lowest BCUT2D eigenvalue weighted by Gasteiger charge is -2.28. The van der Waals surface area contributed by atoms with E-state index in [1.165, 1.54) is 31.2 Å². The summed E-state index contributed by atoms with van der Waals surface area (Å²) in [6.07, 6.45) is 11.4. The highest BCUT2D eigenvalue weighted by molar-refractivity contribution is 5.09. The second kappa shape index (κ2) is 5.26. The van der Waals surface area contributed by atoms with Crippen LogP contribution >= 0.6 is 0 Å². The topological polar surface area (TPSA) is 38.9 Å². The Bertz CT molecular complexity index is 280. The van der Waals surface area contributed by atoms with Gasteiger partial charge in [-0.25, -0.2) is 0 Å². The first kappa shape index (κ1) is 10.6. The first-order valence-corrected chi connectivity index (χ1v) is 5.99. The third-order valence-electron chi connectivity index (χ3n) is 3.41. The lowest BCUT2D eigenvalue weighted by molar-refractivity contribution is 0.272. The molecule has 1 heterocycles. The third-order valence-corrected chi connectivity index (χ3v) is 3.41. The zero-order valence-electron chi connectivity index (χ0n) is 9.23. The monoisotopic (exact) mass is 204 g/mol. The zero-order chi connectivity index (χ0) is 10.5. The maximum atomic E-state index is 6.12. The van der Waals surface area contributed by atoms with E-state index in [0.717, 1.165) is 18.8 Å². The molecule has 0 saturated heterocycles. The molecule has 2 nitrogen and oxygen atoms in total. The first-order chi connectivity index (χ1) is 7.34. The number of nitrogens with two attached hydrogens (primary N) is 1. The molecule has 0 aromatic carbocycles. The van der Waals surface area contributed by atoms with E-state index in [2.05, 4.69) is 17.1 Å². The molecule has 1 aliphatic rings. The Morgan fingerprint density at radius 1 is 1.33 bits per heavy atom. The molecule has 0 radical (unpaired) electrons. The summed E-state index contributed by atoms with van der Waals surface area (Å²) in [4.78, 5) is 4.01. The van der Waals surface area contributed by atoms with E-state index in [0.29, 0.717) is 6.04 Å². The number of rotatable bonds is 5. The van der Waals surface area contributed by atoms with E-state index in [-0.39, 0.29) is 0 Å². The van der Waals surface area contributed by atoms with E-state index in [4.69, 9.17) is 5.73 Å². The number of pyridine rings is 1. The minimum Gasteiger partial charge on any atom is -0.328 e. The molecular weight excluding hydrogens is 184 g/mol. The number of hydrogen-bond donors (Lipinski definition) is 1. The molecule has 0 bridgehead atoms. The minimum atomic E-state index is 0.392. The molecule has 2 N–H and O–H groups in total. The molecule has 1 aliphatic carbocycles. The van der Waals surface area contributed by atoms with Gasteiger partial charge in [0.05, 0.1) is 0 Å². The standard InChI is InChI=1S/C13H20N2/c14-13(10-12-2-1-3-12)5-4-11-6-8-15-9-7-11/h6-9,12-13H,1-5,10,14H2. The van der Waals surface area contributed by atoms with Gasteiger partial charge in [-0.2, -0.15) is 0 Å². The summed E-state index contributed by atoms with van der Waals surface area (Å²) in [7, 11) is 0. The lowest BCUT2D eigenvalue weighted by Crippen LogP contribution is -2.27. The molecular formula is C13H20N2. The van der Waals surface area contributed by atoms with Gasteiger partial charge in [0.2, 0.25) is 0 Å². The van der Waals surface area contributed by atoms with E-state index >= 15 is 0 Å². The normalized spacial score (nSPS) is 18.5. The van der Waals surface area contributed by atoms with Gasteiger partial charge in [-0.05, 0) is 42.9 Å². The van der Waals surface area contributed by atoms with Crippen molar-refractivity contribution in [3.8, 4) is 0 Å². The van der Waals surface area contributed by atoms with Crippen LogP contribution in [-0.2, 0) is 6.42 Å². The molecule has 0 aliphatic heterocycles. The van der Waals surface area contributed by atoms with Crippen LogP contribution in [0.3, 0.4) is 0 Å². The Hall–Kier alpha value is -0.890. The SMILES string of the molecule is NC(CCc1ccncc1)CC1CCC1. The average Bonchev–Trinajstić information content (AvgIpc) is 2.22. The van der Waals surface area contributed by atoms with Crippen LogP contribution in [0.4, 0.5) is 0 Å². The van der Waals surface area contributed by atoms with Crippen molar-refractivity contribution >= 4 is 0 Å². The van der Waals surface area contributed by atoms with E-state index in [1.54, 1.807) is 0 Å². The third kappa shape index (κ3) is 3.31. The van der Waals surface area contributed by atoms with Crippen molar-refractivity contribution in [2.24, 2.45) is 11.7 Å². The second-order valence-corrected chi connectivity index (χ2v) is 4.69. The summed E-state index contributed by atoms with van der Waals surface area (Å²) >= 11 is 0. The van der Waals surface area contributed by atoms with Gasteiger partial charge >= 0.3 is 0 Å². The highest BCUT2D eigenvalue weighted by Gasteiger charge is 2.19. The molecule has 1 saturated carbocycles. The Morgan fingerprint density at radius 3 is 2.67 bits per heavy atom. The van der Waals surface area contributed by atoms with Crippen molar-refractivity contribution in [1.29, 1.82) is 0 Å². The maximum Gasteiger partial charge on any atom is 0.0270 e. The summed E-state index contributed by atoms with van der Waals surface area (Å²) < 4.78 is 0. The number of aryl methyl sites for hydroxylation is 1. The average molecular weight is 204 g/mol. The fourth-order valence-electron chi connectivity index (χ4n) is 2.18. The molecule has 82 valence electrons. The van der Waals surface area contributed by atoms with Crippen LogP contribution in [0, 0.1) is 5.92 Å². The van der Waals surface area contributed by atoms with Gasteiger partial charge in [0, 0.05) is 18.4 Å².